The van der Waals surface area contributed by atoms with Gasteiger partial charge < -0.3 is 15.6 Å². The number of aliphatic imine (C=N–C) groups is 1. The third kappa shape index (κ3) is 6.46. The molecule has 7 heteroatoms. The minimum Gasteiger partial charge on any atom is -0.370 e. The lowest BCUT2D eigenvalue weighted by Gasteiger charge is -2.06. The van der Waals surface area contributed by atoms with Crippen LogP contribution >= 0.6 is 24.0 Å². The number of nitrogens with one attached hydrogen (secondary N) is 1. The highest BCUT2D eigenvalue weighted by molar-refractivity contribution is 14.0. The van der Waals surface area contributed by atoms with Crippen molar-refractivity contribution in [1.82, 2.24) is 10.1 Å². The lowest BCUT2D eigenvalue weighted by Crippen LogP contribution is -2.22. The van der Waals surface area contributed by atoms with E-state index >= 15 is 0 Å². The van der Waals surface area contributed by atoms with E-state index < -0.39 is 0 Å². The first-order chi connectivity index (χ1) is 11.1. The molecular formula is C17H26IN5O. The highest BCUT2D eigenvalue weighted by Crippen LogP contribution is 2.11. The molecule has 0 unspecified atom stereocenters. The summed E-state index contributed by atoms with van der Waals surface area (Å²) >= 11 is 0. The van der Waals surface area contributed by atoms with Gasteiger partial charge in [0, 0.05) is 24.6 Å². The highest BCUT2D eigenvalue weighted by Gasteiger charge is 2.08. The summed E-state index contributed by atoms with van der Waals surface area (Å²) in [6, 6.07) is 8.18. The molecule has 0 radical (unpaired) electrons. The number of anilines is 1. The van der Waals surface area contributed by atoms with Crippen LogP contribution in [0.15, 0.2) is 33.8 Å². The largest absolute Gasteiger partial charge is 0.370 e. The van der Waals surface area contributed by atoms with E-state index in [1.807, 2.05) is 26.0 Å². The molecule has 0 aliphatic carbocycles. The van der Waals surface area contributed by atoms with E-state index in [-0.39, 0.29) is 29.9 Å². The van der Waals surface area contributed by atoms with Crippen molar-refractivity contribution in [2.75, 3.05) is 11.9 Å². The summed E-state index contributed by atoms with van der Waals surface area (Å²) in [6.07, 6.45) is 2.55. The molecule has 1 aromatic heterocycles. The van der Waals surface area contributed by atoms with Crippen LogP contribution in [-0.2, 0) is 12.8 Å². The van der Waals surface area contributed by atoms with Gasteiger partial charge in [-0.3, -0.25) is 4.99 Å². The van der Waals surface area contributed by atoms with Crippen molar-refractivity contribution in [2.45, 2.75) is 46.0 Å². The standard InChI is InChI=1S/C17H25N5O.HI/c1-4-13-7-9-14(10-8-13)20-17(18)19-11-5-6-15-21-16(12(2)3)22-23-15;/h7-10,12H,4-6,11H2,1-3H3,(H3,18,19,20);1H. The van der Waals surface area contributed by atoms with E-state index in [9.17, 15) is 0 Å². The second-order valence-corrected chi connectivity index (χ2v) is 5.75. The third-order valence-corrected chi connectivity index (χ3v) is 3.47. The molecule has 0 saturated heterocycles. The number of nitrogens with zero attached hydrogens (tertiary/aromatic N) is 3. The fourth-order valence-corrected chi connectivity index (χ4v) is 2.05. The van der Waals surface area contributed by atoms with Gasteiger partial charge in [-0.05, 0) is 30.5 Å². The first-order valence-corrected chi connectivity index (χ1v) is 8.06. The molecule has 0 aliphatic rings. The second kappa shape index (κ2) is 10.3. The van der Waals surface area contributed by atoms with Crippen molar-refractivity contribution in [3.8, 4) is 0 Å². The number of halogens is 1. The molecule has 132 valence electrons. The molecule has 24 heavy (non-hydrogen) atoms. The van der Waals surface area contributed by atoms with E-state index in [0.29, 0.717) is 24.8 Å². The molecule has 0 amide bonds. The fourth-order valence-electron chi connectivity index (χ4n) is 2.05. The Morgan fingerprint density at radius 2 is 2.00 bits per heavy atom. The van der Waals surface area contributed by atoms with Crippen LogP contribution < -0.4 is 11.1 Å². The second-order valence-electron chi connectivity index (χ2n) is 5.75. The SMILES string of the molecule is CCc1ccc(NC(N)=NCCCc2nc(C(C)C)no2)cc1.I. The maximum absolute atomic E-state index is 5.89. The van der Waals surface area contributed by atoms with Gasteiger partial charge in [0.2, 0.25) is 5.89 Å². The predicted molar refractivity (Wildman–Crippen MR) is 108 cm³/mol. The third-order valence-electron chi connectivity index (χ3n) is 3.47. The Labute approximate surface area is 160 Å². The molecule has 0 spiro atoms. The van der Waals surface area contributed by atoms with Crippen LogP contribution in [0.2, 0.25) is 0 Å². The van der Waals surface area contributed by atoms with E-state index in [0.717, 1.165) is 24.4 Å². The Morgan fingerprint density at radius 1 is 1.29 bits per heavy atom. The number of benzene rings is 1. The lowest BCUT2D eigenvalue weighted by atomic mass is 10.1. The molecule has 1 aromatic carbocycles. The van der Waals surface area contributed by atoms with Gasteiger partial charge in [0.15, 0.2) is 11.8 Å². The smallest absolute Gasteiger partial charge is 0.226 e. The molecule has 0 fully saturated rings. The highest BCUT2D eigenvalue weighted by atomic mass is 127. The van der Waals surface area contributed by atoms with Crippen LogP contribution in [0, 0.1) is 0 Å². The van der Waals surface area contributed by atoms with Gasteiger partial charge in [0.1, 0.15) is 0 Å². The first kappa shape index (κ1) is 20.4. The van der Waals surface area contributed by atoms with Crippen molar-refractivity contribution in [2.24, 2.45) is 10.7 Å². The van der Waals surface area contributed by atoms with Crippen molar-refractivity contribution in [3.63, 3.8) is 0 Å². The maximum atomic E-state index is 5.89. The van der Waals surface area contributed by atoms with Crippen molar-refractivity contribution in [1.29, 1.82) is 0 Å². The Balaban J connectivity index is 0.00000288. The van der Waals surface area contributed by atoms with Gasteiger partial charge in [-0.2, -0.15) is 4.98 Å². The summed E-state index contributed by atoms with van der Waals surface area (Å²) in [6.45, 7) is 6.83. The molecular weight excluding hydrogens is 417 g/mol. The minimum atomic E-state index is 0. The number of rotatable bonds is 7. The van der Waals surface area contributed by atoms with Gasteiger partial charge in [0.25, 0.3) is 0 Å². The van der Waals surface area contributed by atoms with Gasteiger partial charge in [0.05, 0.1) is 0 Å². The zero-order valence-corrected chi connectivity index (χ0v) is 16.8. The van der Waals surface area contributed by atoms with E-state index in [1.165, 1.54) is 5.56 Å². The van der Waals surface area contributed by atoms with Crippen LogP contribution in [0.5, 0.6) is 0 Å². The van der Waals surface area contributed by atoms with Crippen molar-refractivity contribution in [3.05, 3.63) is 41.5 Å². The van der Waals surface area contributed by atoms with Gasteiger partial charge in [-0.15, -0.1) is 24.0 Å². The molecule has 1 heterocycles. The van der Waals surface area contributed by atoms with Crippen molar-refractivity contribution < 1.29 is 4.52 Å². The number of aryl methyl sites for hydroxylation is 2. The molecule has 2 aromatic rings. The number of nitrogens with two attached hydrogens (primary N) is 1. The Kier molecular flexibility index (Phi) is 8.73. The number of hydrogen-bond donors (Lipinski definition) is 2. The monoisotopic (exact) mass is 443 g/mol. The van der Waals surface area contributed by atoms with Gasteiger partial charge in [-0.1, -0.05) is 38.1 Å². The van der Waals surface area contributed by atoms with Gasteiger partial charge >= 0.3 is 0 Å². The summed E-state index contributed by atoms with van der Waals surface area (Å²) in [5.41, 5.74) is 8.13. The zero-order chi connectivity index (χ0) is 16.7. The Morgan fingerprint density at radius 3 is 2.58 bits per heavy atom. The van der Waals surface area contributed by atoms with Crippen LogP contribution in [-0.4, -0.2) is 22.6 Å². The summed E-state index contributed by atoms with van der Waals surface area (Å²) in [5.74, 6) is 2.11. The zero-order valence-electron chi connectivity index (χ0n) is 14.5. The molecule has 0 atom stereocenters. The summed E-state index contributed by atoms with van der Waals surface area (Å²) in [5, 5.41) is 7.03. The number of hydrogen-bond acceptors (Lipinski definition) is 4. The summed E-state index contributed by atoms with van der Waals surface area (Å²) in [7, 11) is 0. The Hall–Kier alpha value is -1.64. The average Bonchev–Trinajstić information content (AvgIpc) is 3.01. The lowest BCUT2D eigenvalue weighted by molar-refractivity contribution is 0.369. The predicted octanol–water partition coefficient (Wildman–Crippen LogP) is 3.73. The normalized spacial score (nSPS) is 11.4. The molecule has 6 nitrogen and oxygen atoms in total. The van der Waals surface area contributed by atoms with Gasteiger partial charge in [-0.25, -0.2) is 0 Å². The van der Waals surface area contributed by atoms with E-state index in [4.69, 9.17) is 10.3 Å². The molecule has 3 N–H and O–H groups in total. The maximum Gasteiger partial charge on any atom is 0.226 e. The van der Waals surface area contributed by atoms with Crippen LogP contribution in [0.1, 0.15) is 50.4 Å². The summed E-state index contributed by atoms with van der Waals surface area (Å²) in [4.78, 5) is 8.65. The van der Waals surface area contributed by atoms with Crippen molar-refractivity contribution >= 4 is 35.6 Å². The van der Waals surface area contributed by atoms with E-state index in [1.54, 1.807) is 0 Å². The quantitative estimate of drug-likeness (QED) is 0.295. The first-order valence-electron chi connectivity index (χ1n) is 8.06. The fraction of sp³-hybridized carbons (Fsp3) is 0.471. The van der Waals surface area contributed by atoms with E-state index in [2.05, 4.69) is 39.5 Å². The molecule has 2 rings (SSSR count). The minimum absolute atomic E-state index is 0. The molecule has 0 aliphatic heterocycles. The topological polar surface area (TPSA) is 89.3 Å². The average molecular weight is 443 g/mol. The summed E-state index contributed by atoms with van der Waals surface area (Å²) < 4.78 is 5.19. The Bertz CT molecular complexity index is 637. The molecule has 0 bridgehead atoms. The number of guanidine groups is 1. The van der Waals surface area contributed by atoms with Crippen LogP contribution in [0.4, 0.5) is 5.69 Å². The molecule has 0 saturated carbocycles. The van der Waals surface area contributed by atoms with Crippen LogP contribution in [0.25, 0.3) is 0 Å². The van der Waals surface area contributed by atoms with Crippen LogP contribution in [0.3, 0.4) is 0 Å². The number of aromatic nitrogens is 2.